The van der Waals surface area contributed by atoms with Crippen molar-refractivity contribution in [1.29, 1.82) is 0 Å². The molecule has 2 aliphatic heterocycles. The molecular formula is C15H25N5O. The van der Waals surface area contributed by atoms with Crippen LogP contribution >= 0.6 is 0 Å². The first-order chi connectivity index (χ1) is 10.1. The van der Waals surface area contributed by atoms with E-state index in [2.05, 4.69) is 33.9 Å². The maximum atomic E-state index is 12.2. The molecule has 21 heavy (non-hydrogen) atoms. The van der Waals surface area contributed by atoms with Gasteiger partial charge in [0.05, 0.1) is 6.54 Å². The topological polar surface area (TPSA) is 63.1 Å². The maximum Gasteiger partial charge on any atom is 0.317 e. The zero-order valence-electron chi connectivity index (χ0n) is 13.1. The molecule has 0 spiro atoms. The van der Waals surface area contributed by atoms with E-state index in [-0.39, 0.29) is 11.4 Å². The summed E-state index contributed by atoms with van der Waals surface area (Å²) in [7, 11) is 0. The number of amides is 2. The highest BCUT2D eigenvalue weighted by Crippen LogP contribution is 2.28. The van der Waals surface area contributed by atoms with Crippen molar-refractivity contribution in [3.8, 4) is 0 Å². The molecule has 0 atom stereocenters. The van der Waals surface area contributed by atoms with E-state index in [0.717, 1.165) is 44.1 Å². The first kappa shape index (κ1) is 14.4. The predicted octanol–water partition coefficient (Wildman–Crippen LogP) is 1.95. The summed E-state index contributed by atoms with van der Waals surface area (Å²) in [6, 6.07) is 0.0200. The van der Waals surface area contributed by atoms with E-state index in [1.807, 2.05) is 4.90 Å². The smallest absolute Gasteiger partial charge is 0.317 e. The van der Waals surface area contributed by atoms with Gasteiger partial charge in [0.25, 0.3) is 0 Å². The van der Waals surface area contributed by atoms with Crippen LogP contribution in [0.1, 0.15) is 51.2 Å². The van der Waals surface area contributed by atoms with Crippen molar-refractivity contribution in [1.82, 2.24) is 25.0 Å². The van der Waals surface area contributed by atoms with Crippen molar-refractivity contribution < 1.29 is 4.79 Å². The zero-order chi connectivity index (χ0) is 14.9. The Hall–Kier alpha value is -1.59. The van der Waals surface area contributed by atoms with Crippen LogP contribution in [0, 0.1) is 5.41 Å². The van der Waals surface area contributed by atoms with Gasteiger partial charge in [-0.3, -0.25) is 0 Å². The van der Waals surface area contributed by atoms with Crippen LogP contribution in [0.3, 0.4) is 0 Å². The van der Waals surface area contributed by atoms with Crippen molar-refractivity contribution in [2.24, 2.45) is 5.41 Å². The summed E-state index contributed by atoms with van der Waals surface area (Å²) in [5.41, 5.74) is 0.239. The summed E-state index contributed by atoms with van der Waals surface area (Å²) in [5.74, 6) is 1.96. The molecular weight excluding hydrogens is 266 g/mol. The van der Waals surface area contributed by atoms with Gasteiger partial charge in [0.2, 0.25) is 0 Å². The van der Waals surface area contributed by atoms with Gasteiger partial charge in [-0.15, -0.1) is 10.2 Å². The maximum absolute atomic E-state index is 12.2. The Morgan fingerprint density at radius 3 is 2.86 bits per heavy atom. The van der Waals surface area contributed by atoms with Crippen molar-refractivity contribution in [3.63, 3.8) is 0 Å². The lowest BCUT2D eigenvalue weighted by atomic mass is 9.93. The molecule has 0 bridgehead atoms. The Labute approximate surface area is 125 Å². The number of aromatic nitrogens is 3. The molecule has 116 valence electrons. The Kier molecular flexibility index (Phi) is 3.87. The second kappa shape index (κ2) is 5.66. The average Bonchev–Trinajstić information content (AvgIpc) is 2.91. The quantitative estimate of drug-likeness (QED) is 0.906. The molecule has 1 aromatic rings. The van der Waals surface area contributed by atoms with Gasteiger partial charge in [0.1, 0.15) is 5.82 Å². The number of hydrogen-bond acceptors (Lipinski definition) is 3. The monoisotopic (exact) mass is 291 g/mol. The third-order valence-corrected chi connectivity index (χ3v) is 4.55. The van der Waals surface area contributed by atoms with E-state index in [4.69, 9.17) is 0 Å². The SMILES string of the molecule is CC1(C)CCN(C(=O)NCc2nnc3n2CCCCC3)C1. The summed E-state index contributed by atoms with van der Waals surface area (Å²) in [6.07, 6.45) is 5.68. The van der Waals surface area contributed by atoms with Crippen LogP contribution in [0.2, 0.25) is 0 Å². The summed E-state index contributed by atoms with van der Waals surface area (Å²) in [5, 5.41) is 11.5. The Bertz CT molecular complexity index is 522. The number of carbonyl (C=O) groups excluding carboxylic acids is 1. The highest BCUT2D eigenvalue weighted by molar-refractivity contribution is 5.74. The lowest BCUT2D eigenvalue weighted by Gasteiger charge is -2.20. The second-order valence-corrected chi connectivity index (χ2v) is 6.99. The van der Waals surface area contributed by atoms with Crippen molar-refractivity contribution in [2.45, 2.75) is 59.0 Å². The van der Waals surface area contributed by atoms with E-state index >= 15 is 0 Å². The lowest BCUT2D eigenvalue weighted by Crippen LogP contribution is -2.39. The van der Waals surface area contributed by atoms with Gasteiger partial charge in [-0.25, -0.2) is 4.79 Å². The summed E-state index contributed by atoms with van der Waals surface area (Å²) in [6.45, 7) is 7.54. The average molecular weight is 291 g/mol. The largest absolute Gasteiger partial charge is 0.331 e. The summed E-state index contributed by atoms with van der Waals surface area (Å²) in [4.78, 5) is 14.1. The Balaban J connectivity index is 1.58. The third kappa shape index (κ3) is 3.19. The van der Waals surface area contributed by atoms with Gasteiger partial charge in [-0.05, 0) is 24.7 Å². The number of urea groups is 1. The fourth-order valence-corrected chi connectivity index (χ4v) is 3.23. The van der Waals surface area contributed by atoms with Gasteiger partial charge in [0.15, 0.2) is 5.82 Å². The van der Waals surface area contributed by atoms with Crippen LogP contribution in [0.15, 0.2) is 0 Å². The minimum atomic E-state index is 0.0200. The number of rotatable bonds is 2. The molecule has 3 heterocycles. The van der Waals surface area contributed by atoms with Crippen LogP contribution in [0.4, 0.5) is 4.79 Å². The van der Waals surface area contributed by atoms with E-state index < -0.39 is 0 Å². The van der Waals surface area contributed by atoms with Gasteiger partial charge >= 0.3 is 6.03 Å². The molecule has 3 rings (SSSR count). The standard InChI is InChI=1S/C15H25N5O/c1-15(2)7-9-19(11-15)14(21)16-10-13-18-17-12-6-4-3-5-8-20(12)13/h3-11H2,1-2H3,(H,16,21). The molecule has 1 fully saturated rings. The first-order valence-corrected chi connectivity index (χ1v) is 7.99. The van der Waals surface area contributed by atoms with E-state index in [1.165, 1.54) is 19.3 Å². The molecule has 2 aliphatic rings. The van der Waals surface area contributed by atoms with E-state index in [0.29, 0.717) is 6.54 Å². The number of nitrogens with zero attached hydrogens (tertiary/aromatic N) is 4. The Morgan fingerprint density at radius 2 is 2.10 bits per heavy atom. The molecule has 1 N–H and O–H groups in total. The molecule has 1 saturated heterocycles. The normalized spacial score (nSPS) is 21.0. The van der Waals surface area contributed by atoms with E-state index in [9.17, 15) is 4.79 Å². The molecule has 0 saturated carbocycles. The minimum absolute atomic E-state index is 0.0200. The van der Waals surface area contributed by atoms with Crippen LogP contribution in [-0.2, 0) is 19.5 Å². The fourth-order valence-electron chi connectivity index (χ4n) is 3.23. The summed E-state index contributed by atoms with van der Waals surface area (Å²) >= 11 is 0. The van der Waals surface area contributed by atoms with Crippen LogP contribution in [-0.4, -0.2) is 38.8 Å². The first-order valence-electron chi connectivity index (χ1n) is 7.99. The van der Waals surface area contributed by atoms with Crippen LogP contribution in [0.5, 0.6) is 0 Å². The van der Waals surface area contributed by atoms with Crippen molar-refractivity contribution in [3.05, 3.63) is 11.6 Å². The number of likely N-dealkylation sites (tertiary alicyclic amines) is 1. The molecule has 2 amide bonds. The number of aryl methyl sites for hydroxylation is 1. The van der Waals surface area contributed by atoms with Crippen molar-refractivity contribution in [2.75, 3.05) is 13.1 Å². The minimum Gasteiger partial charge on any atom is -0.331 e. The Morgan fingerprint density at radius 1 is 1.24 bits per heavy atom. The second-order valence-electron chi connectivity index (χ2n) is 6.99. The number of nitrogens with one attached hydrogen (secondary N) is 1. The molecule has 6 nitrogen and oxygen atoms in total. The van der Waals surface area contributed by atoms with Gasteiger partial charge < -0.3 is 14.8 Å². The number of fused-ring (bicyclic) bond motifs is 1. The zero-order valence-corrected chi connectivity index (χ0v) is 13.1. The molecule has 0 aromatic carbocycles. The highest BCUT2D eigenvalue weighted by Gasteiger charge is 2.32. The number of hydrogen-bond donors (Lipinski definition) is 1. The molecule has 0 unspecified atom stereocenters. The molecule has 0 radical (unpaired) electrons. The highest BCUT2D eigenvalue weighted by atomic mass is 16.2. The summed E-state index contributed by atoms with van der Waals surface area (Å²) < 4.78 is 2.18. The van der Waals surface area contributed by atoms with Crippen molar-refractivity contribution >= 4 is 6.03 Å². The number of carbonyl (C=O) groups is 1. The van der Waals surface area contributed by atoms with Gasteiger partial charge in [-0.1, -0.05) is 20.3 Å². The van der Waals surface area contributed by atoms with Gasteiger partial charge in [0, 0.05) is 26.1 Å². The fraction of sp³-hybridized carbons (Fsp3) is 0.800. The van der Waals surface area contributed by atoms with Crippen LogP contribution in [0.25, 0.3) is 0 Å². The molecule has 1 aromatic heterocycles. The van der Waals surface area contributed by atoms with Crippen LogP contribution < -0.4 is 5.32 Å². The molecule has 0 aliphatic carbocycles. The third-order valence-electron chi connectivity index (χ3n) is 4.55. The van der Waals surface area contributed by atoms with Gasteiger partial charge in [-0.2, -0.15) is 0 Å². The predicted molar refractivity (Wildman–Crippen MR) is 79.8 cm³/mol. The lowest BCUT2D eigenvalue weighted by molar-refractivity contribution is 0.202. The molecule has 6 heteroatoms. The van der Waals surface area contributed by atoms with E-state index in [1.54, 1.807) is 0 Å².